The molecule has 0 spiro atoms. The van der Waals surface area contributed by atoms with Crippen molar-refractivity contribution < 1.29 is 4.79 Å². The molecule has 0 aromatic rings. The highest BCUT2D eigenvalue weighted by Gasteiger charge is 2.15. The molecule has 4 nitrogen and oxygen atoms in total. The minimum Gasteiger partial charge on any atom is -0.331 e. The molecule has 1 aliphatic heterocycles. The lowest BCUT2D eigenvalue weighted by Crippen LogP contribution is -2.41. The third kappa shape index (κ3) is 2.37. The number of nitrogens with one attached hydrogen (secondary N) is 1. The van der Waals surface area contributed by atoms with E-state index >= 15 is 0 Å². The van der Waals surface area contributed by atoms with Crippen molar-refractivity contribution in [3.8, 4) is 0 Å². The third-order valence-corrected chi connectivity index (χ3v) is 1.99. The summed E-state index contributed by atoms with van der Waals surface area (Å²) in [6, 6.07) is 0.124. The second-order valence-corrected chi connectivity index (χ2v) is 3.27. The zero-order valence-corrected chi connectivity index (χ0v) is 7.84. The number of amides is 2. The number of hydrogen-bond acceptors (Lipinski definition) is 2. The van der Waals surface area contributed by atoms with Crippen molar-refractivity contribution in [1.82, 2.24) is 15.1 Å². The minimum absolute atomic E-state index is 0.124. The Morgan fingerprint density at radius 2 is 2.08 bits per heavy atom. The summed E-state index contributed by atoms with van der Waals surface area (Å²) in [4.78, 5) is 15.0. The van der Waals surface area contributed by atoms with Crippen LogP contribution in [0.2, 0.25) is 0 Å². The molecule has 12 heavy (non-hydrogen) atoms. The zero-order chi connectivity index (χ0) is 8.97. The van der Waals surface area contributed by atoms with E-state index in [1.54, 1.807) is 19.0 Å². The van der Waals surface area contributed by atoms with Crippen LogP contribution in [0.15, 0.2) is 0 Å². The Balaban J connectivity index is 2.43. The molecule has 0 bridgehead atoms. The molecular formula is C8H17N3O. The summed E-state index contributed by atoms with van der Waals surface area (Å²) in [5.74, 6) is 0. The van der Waals surface area contributed by atoms with Crippen LogP contribution in [0.4, 0.5) is 4.79 Å². The van der Waals surface area contributed by atoms with Gasteiger partial charge in [0.25, 0.3) is 0 Å². The molecule has 4 heteroatoms. The average molecular weight is 171 g/mol. The summed E-state index contributed by atoms with van der Waals surface area (Å²) < 4.78 is 0. The van der Waals surface area contributed by atoms with E-state index in [1.165, 1.54) is 0 Å². The fraction of sp³-hybridized carbons (Fsp3) is 0.875. The van der Waals surface area contributed by atoms with E-state index in [4.69, 9.17) is 0 Å². The van der Waals surface area contributed by atoms with Crippen LogP contribution in [0.25, 0.3) is 0 Å². The van der Waals surface area contributed by atoms with Crippen LogP contribution in [0, 0.1) is 0 Å². The van der Waals surface area contributed by atoms with Crippen LogP contribution in [0.5, 0.6) is 0 Å². The van der Waals surface area contributed by atoms with Crippen molar-refractivity contribution in [3.63, 3.8) is 0 Å². The second-order valence-electron chi connectivity index (χ2n) is 3.27. The molecular weight excluding hydrogens is 154 g/mol. The molecule has 1 rings (SSSR count). The van der Waals surface area contributed by atoms with Gasteiger partial charge < -0.3 is 15.1 Å². The summed E-state index contributed by atoms with van der Waals surface area (Å²) in [7, 11) is 3.58. The zero-order valence-electron chi connectivity index (χ0n) is 7.84. The lowest BCUT2D eigenvalue weighted by molar-refractivity contribution is 0.174. The summed E-state index contributed by atoms with van der Waals surface area (Å²) in [6.45, 7) is 3.65. The first-order valence-corrected chi connectivity index (χ1v) is 4.39. The second kappa shape index (κ2) is 4.30. The van der Waals surface area contributed by atoms with Gasteiger partial charge in [-0.1, -0.05) is 0 Å². The van der Waals surface area contributed by atoms with Gasteiger partial charge in [0.15, 0.2) is 0 Å². The Kier molecular flexibility index (Phi) is 3.34. The van der Waals surface area contributed by atoms with E-state index in [0.717, 1.165) is 32.6 Å². The molecule has 0 aromatic carbocycles. The quantitative estimate of drug-likeness (QED) is 0.555. The largest absolute Gasteiger partial charge is 0.331 e. The van der Waals surface area contributed by atoms with E-state index < -0.39 is 0 Å². The van der Waals surface area contributed by atoms with Crippen LogP contribution in [0.3, 0.4) is 0 Å². The van der Waals surface area contributed by atoms with Gasteiger partial charge in [-0.2, -0.15) is 0 Å². The van der Waals surface area contributed by atoms with E-state index in [1.807, 2.05) is 4.90 Å². The van der Waals surface area contributed by atoms with Gasteiger partial charge in [-0.15, -0.1) is 0 Å². The Hall–Kier alpha value is -0.770. The van der Waals surface area contributed by atoms with E-state index in [2.05, 4.69) is 5.32 Å². The lowest BCUT2D eigenvalue weighted by atomic mass is 10.4. The maximum Gasteiger partial charge on any atom is 0.319 e. The van der Waals surface area contributed by atoms with Gasteiger partial charge in [0.05, 0.1) is 0 Å². The molecule has 0 radical (unpaired) electrons. The SMILES string of the molecule is CN(C)C(=O)N1CCCNCC1. The van der Waals surface area contributed by atoms with Gasteiger partial charge in [-0.05, 0) is 13.0 Å². The highest BCUT2D eigenvalue weighted by atomic mass is 16.2. The molecule has 1 N–H and O–H groups in total. The monoisotopic (exact) mass is 171 g/mol. The molecule has 0 aromatic heterocycles. The molecule has 70 valence electrons. The maximum absolute atomic E-state index is 11.5. The van der Waals surface area contributed by atoms with Crippen molar-refractivity contribution in [3.05, 3.63) is 0 Å². The van der Waals surface area contributed by atoms with Crippen molar-refractivity contribution in [2.75, 3.05) is 40.3 Å². The minimum atomic E-state index is 0.124. The molecule has 0 aliphatic carbocycles. The number of nitrogens with zero attached hydrogens (tertiary/aromatic N) is 2. The molecule has 1 fully saturated rings. The normalized spacial score (nSPS) is 18.7. The van der Waals surface area contributed by atoms with Crippen molar-refractivity contribution >= 4 is 6.03 Å². The van der Waals surface area contributed by atoms with Gasteiger partial charge in [-0.3, -0.25) is 0 Å². The van der Waals surface area contributed by atoms with Gasteiger partial charge in [0.2, 0.25) is 0 Å². The number of hydrogen-bond donors (Lipinski definition) is 1. The van der Waals surface area contributed by atoms with Crippen LogP contribution in [0.1, 0.15) is 6.42 Å². The Morgan fingerprint density at radius 3 is 2.75 bits per heavy atom. The van der Waals surface area contributed by atoms with Crippen LogP contribution < -0.4 is 5.32 Å². The first-order valence-electron chi connectivity index (χ1n) is 4.39. The Morgan fingerprint density at radius 1 is 1.33 bits per heavy atom. The first kappa shape index (κ1) is 9.32. The highest BCUT2D eigenvalue weighted by Crippen LogP contribution is 1.98. The third-order valence-electron chi connectivity index (χ3n) is 1.99. The maximum atomic E-state index is 11.5. The standard InChI is InChI=1S/C8H17N3O/c1-10(2)8(12)11-6-3-4-9-5-7-11/h9H,3-7H2,1-2H3. The predicted molar refractivity (Wildman–Crippen MR) is 48.1 cm³/mol. The fourth-order valence-corrected chi connectivity index (χ4v) is 1.32. The number of urea groups is 1. The Bertz CT molecular complexity index is 150. The topological polar surface area (TPSA) is 35.6 Å². The summed E-state index contributed by atoms with van der Waals surface area (Å²) in [5, 5.41) is 3.26. The fourth-order valence-electron chi connectivity index (χ4n) is 1.32. The molecule has 0 atom stereocenters. The van der Waals surface area contributed by atoms with Gasteiger partial charge in [-0.25, -0.2) is 4.79 Å². The summed E-state index contributed by atoms with van der Waals surface area (Å²) >= 11 is 0. The van der Waals surface area contributed by atoms with E-state index in [9.17, 15) is 4.79 Å². The molecule has 1 aliphatic rings. The smallest absolute Gasteiger partial charge is 0.319 e. The predicted octanol–water partition coefficient (Wildman–Crippen LogP) is -0.0367. The first-order chi connectivity index (χ1) is 5.72. The summed E-state index contributed by atoms with van der Waals surface area (Å²) in [6.07, 6.45) is 1.06. The molecule has 2 amide bonds. The van der Waals surface area contributed by atoms with Gasteiger partial charge >= 0.3 is 6.03 Å². The van der Waals surface area contributed by atoms with E-state index in [0.29, 0.717) is 0 Å². The molecule has 1 saturated heterocycles. The van der Waals surface area contributed by atoms with Crippen LogP contribution >= 0.6 is 0 Å². The Labute approximate surface area is 73.5 Å². The van der Waals surface area contributed by atoms with Crippen LogP contribution in [-0.2, 0) is 0 Å². The van der Waals surface area contributed by atoms with E-state index in [-0.39, 0.29) is 6.03 Å². The average Bonchev–Trinajstić information content (AvgIpc) is 2.30. The number of carbonyl (C=O) groups is 1. The molecule has 0 unspecified atom stereocenters. The van der Waals surface area contributed by atoms with Gasteiger partial charge in [0, 0.05) is 33.7 Å². The lowest BCUT2D eigenvalue weighted by Gasteiger charge is -2.23. The number of rotatable bonds is 0. The summed E-state index contributed by atoms with van der Waals surface area (Å²) in [5.41, 5.74) is 0. The van der Waals surface area contributed by atoms with Crippen LogP contribution in [-0.4, -0.2) is 56.1 Å². The number of carbonyl (C=O) groups excluding carboxylic acids is 1. The van der Waals surface area contributed by atoms with Gasteiger partial charge in [0.1, 0.15) is 0 Å². The van der Waals surface area contributed by atoms with Crippen molar-refractivity contribution in [2.45, 2.75) is 6.42 Å². The van der Waals surface area contributed by atoms with Crippen molar-refractivity contribution in [1.29, 1.82) is 0 Å². The molecule has 0 saturated carbocycles. The molecule has 1 heterocycles. The highest BCUT2D eigenvalue weighted by molar-refractivity contribution is 5.73. The van der Waals surface area contributed by atoms with Crippen molar-refractivity contribution in [2.24, 2.45) is 0 Å².